The summed E-state index contributed by atoms with van der Waals surface area (Å²) in [4.78, 5) is 15.3. The van der Waals surface area contributed by atoms with Crippen LogP contribution in [0.1, 0.15) is 21.5 Å². The average Bonchev–Trinajstić information content (AvgIpc) is 3.06. The Hall–Kier alpha value is -3.34. The molecule has 1 amide bonds. The molecular weight excluding hydrogens is 302 g/mol. The van der Waals surface area contributed by atoms with Gasteiger partial charge in [0.25, 0.3) is 5.91 Å². The molecule has 1 heterocycles. The number of para-hydroxylation sites is 2. The minimum Gasteiger partial charge on any atom is -0.507 e. The molecule has 0 saturated carbocycles. The highest BCUT2D eigenvalue weighted by molar-refractivity contribution is 6.05. The van der Waals surface area contributed by atoms with E-state index in [1.807, 2.05) is 30.3 Å². The Labute approximate surface area is 139 Å². The van der Waals surface area contributed by atoms with Crippen LogP contribution in [0.5, 0.6) is 5.75 Å². The molecule has 0 bridgehead atoms. The zero-order valence-electron chi connectivity index (χ0n) is 13.0. The van der Waals surface area contributed by atoms with Crippen molar-refractivity contribution in [2.24, 2.45) is 5.10 Å². The number of carbonyl (C=O) groups is 1. The number of fused-ring (bicyclic) bond motifs is 1. The molecule has 24 heavy (non-hydrogen) atoms. The quantitative estimate of drug-likeness (QED) is 0.383. The van der Waals surface area contributed by atoms with Crippen LogP contribution < -0.4 is 5.43 Å². The molecule has 1 aromatic heterocycles. The lowest BCUT2D eigenvalue weighted by Crippen LogP contribution is -2.18. The Morgan fingerprint density at radius 2 is 2.08 bits per heavy atom. The first-order valence-corrected chi connectivity index (χ1v) is 7.52. The summed E-state index contributed by atoms with van der Waals surface area (Å²) in [6.45, 7) is 3.66. The van der Waals surface area contributed by atoms with Gasteiger partial charge in [-0.05, 0) is 30.2 Å². The molecule has 0 aliphatic carbocycles. The standard InChI is InChI=1S/C19H17N3O2/c1-2-5-14-7-3-8-15(18(14)23)12-21-22-19(24)16-9-4-6-13-10-11-20-17(13)16/h2-4,6-12,20,23H,1,5H2,(H,22,24)/b21-12+. The molecule has 0 fully saturated rings. The van der Waals surface area contributed by atoms with Crippen molar-refractivity contribution in [1.29, 1.82) is 0 Å². The fraction of sp³-hybridized carbons (Fsp3) is 0.0526. The second-order valence-corrected chi connectivity index (χ2v) is 5.29. The lowest BCUT2D eigenvalue weighted by atomic mass is 10.1. The summed E-state index contributed by atoms with van der Waals surface area (Å²) in [7, 11) is 0. The minimum absolute atomic E-state index is 0.141. The van der Waals surface area contributed by atoms with Crippen molar-refractivity contribution >= 4 is 23.0 Å². The number of carbonyl (C=O) groups excluding carboxylic acids is 1. The molecule has 0 saturated heterocycles. The lowest BCUT2D eigenvalue weighted by molar-refractivity contribution is 0.0956. The number of nitrogens with zero attached hydrogens (tertiary/aromatic N) is 1. The third-order valence-corrected chi connectivity index (χ3v) is 3.72. The largest absolute Gasteiger partial charge is 0.507 e. The predicted molar refractivity (Wildman–Crippen MR) is 95.4 cm³/mol. The van der Waals surface area contributed by atoms with Crippen LogP contribution in [0.2, 0.25) is 0 Å². The van der Waals surface area contributed by atoms with Gasteiger partial charge in [0.2, 0.25) is 0 Å². The van der Waals surface area contributed by atoms with E-state index >= 15 is 0 Å². The molecule has 3 aromatic rings. The maximum absolute atomic E-state index is 12.3. The molecule has 120 valence electrons. The number of phenols is 1. The summed E-state index contributed by atoms with van der Waals surface area (Å²) in [6.07, 6.45) is 5.49. The van der Waals surface area contributed by atoms with Crippen molar-refractivity contribution in [3.05, 3.63) is 78.0 Å². The predicted octanol–water partition coefficient (Wildman–Crippen LogP) is 3.37. The molecule has 0 spiro atoms. The number of aromatic amines is 1. The van der Waals surface area contributed by atoms with Gasteiger partial charge >= 0.3 is 0 Å². The summed E-state index contributed by atoms with van der Waals surface area (Å²) in [5, 5.41) is 15.1. The van der Waals surface area contributed by atoms with Gasteiger partial charge in [-0.15, -0.1) is 6.58 Å². The van der Waals surface area contributed by atoms with Gasteiger partial charge in [-0.3, -0.25) is 4.79 Å². The molecule has 0 atom stereocenters. The third kappa shape index (κ3) is 3.05. The Morgan fingerprint density at radius 1 is 1.25 bits per heavy atom. The lowest BCUT2D eigenvalue weighted by Gasteiger charge is -2.05. The molecule has 0 aliphatic rings. The number of nitrogens with one attached hydrogen (secondary N) is 2. The third-order valence-electron chi connectivity index (χ3n) is 3.72. The van der Waals surface area contributed by atoms with Crippen molar-refractivity contribution in [3.63, 3.8) is 0 Å². The number of aromatic nitrogens is 1. The van der Waals surface area contributed by atoms with E-state index < -0.39 is 0 Å². The maximum Gasteiger partial charge on any atom is 0.273 e. The first-order chi connectivity index (χ1) is 11.7. The van der Waals surface area contributed by atoms with Crippen LogP contribution in [0, 0.1) is 0 Å². The fourth-order valence-corrected chi connectivity index (χ4v) is 2.53. The second-order valence-electron chi connectivity index (χ2n) is 5.29. The van der Waals surface area contributed by atoms with E-state index in [4.69, 9.17) is 0 Å². The molecular formula is C19H17N3O2. The van der Waals surface area contributed by atoms with Crippen LogP contribution in [-0.2, 0) is 6.42 Å². The van der Waals surface area contributed by atoms with Crippen LogP contribution in [0.15, 0.2) is 66.4 Å². The molecule has 0 aliphatic heterocycles. The van der Waals surface area contributed by atoms with Gasteiger partial charge in [0, 0.05) is 17.1 Å². The number of benzene rings is 2. The van der Waals surface area contributed by atoms with E-state index in [0.29, 0.717) is 17.5 Å². The molecule has 2 aromatic carbocycles. The first kappa shape index (κ1) is 15.6. The zero-order valence-corrected chi connectivity index (χ0v) is 13.0. The van der Waals surface area contributed by atoms with Crippen LogP contribution >= 0.6 is 0 Å². The Bertz CT molecular complexity index is 925. The van der Waals surface area contributed by atoms with Crippen molar-refractivity contribution in [1.82, 2.24) is 10.4 Å². The Morgan fingerprint density at radius 3 is 2.92 bits per heavy atom. The number of amides is 1. The molecule has 5 nitrogen and oxygen atoms in total. The van der Waals surface area contributed by atoms with Crippen LogP contribution in [0.25, 0.3) is 10.9 Å². The van der Waals surface area contributed by atoms with E-state index in [0.717, 1.165) is 16.5 Å². The number of allylic oxidation sites excluding steroid dienone is 1. The van der Waals surface area contributed by atoms with Gasteiger partial charge in [-0.2, -0.15) is 5.10 Å². The maximum atomic E-state index is 12.3. The number of H-pyrrole nitrogens is 1. The normalized spacial score (nSPS) is 11.0. The number of phenolic OH excluding ortho intramolecular Hbond substituents is 1. The molecule has 5 heteroatoms. The van der Waals surface area contributed by atoms with Crippen molar-refractivity contribution in [2.75, 3.05) is 0 Å². The number of rotatable bonds is 5. The highest BCUT2D eigenvalue weighted by Crippen LogP contribution is 2.21. The number of hydrazone groups is 1. The average molecular weight is 319 g/mol. The molecule has 0 unspecified atom stereocenters. The van der Waals surface area contributed by atoms with Crippen LogP contribution in [0.3, 0.4) is 0 Å². The van der Waals surface area contributed by atoms with Gasteiger partial charge < -0.3 is 10.1 Å². The molecule has 0 radical (unpaired) electrons. The van der Waals surface area contributed by atoms with Crippen LogP contribution in [-0.4, -0.2) is 22.2 Å². The summed E-state index contributed by atoms with van der Waals surface area (Å²) < 4.78 is 0. The number of aromatic hydroxyl groups is 1. The van der Waals surface area contributed by atoms with Gasteiger partial charge in [-0.1, -0.05) is 30.3 Å². The van der Waals surface area contributed by atoms with E-state index in [2.05, 4.69) is 22.1 Å². The monoisotopic (exact) mass is 319 g/mol. The minimum atomic E-state index is -0.318. The Kier molecular flexibility index (Phi) is 4.43. The number of hydrogen-bond donors (Lipinski definition) is 3. The molecule has 3 rings (SSSR count). The zero-order chi connectivity index (χ0) is 16.9. The highest BCUT2D eigenvalue weighted by Gasteiger charge is 2.10. The summed E-state index contributed by atoms with van der Waals surface area (Å²) in [6, 6.07) is 12.7. The fourth-order valence-electron chi connectivity index (χ4n) is 2.53. The Balaban J connectivity index is 1.77. The van der Waals surface area contributed by atoms with Crippen molar-refractivity contribution in [2.45, 2.75) is 6.42 Å². The summed E-state index contributed by atoms with van der Waals surface area (Å²) in [5.41, 5.74) is 5.06. The number of hydrogen-bond acceptors (Lipinski definition) is 3. The van der Waals surface area contributed by atoms with Crippen LogP contribution in [0.4, 0.5) is 0 Å². The van der Waals surface area contributed by atoms with Gasteiger partial charge in [0.15, 0.2) is 0 Å². The van der Waals surface area contributed by atoms with E-state index in [-0.39, 0.29) is 11.7 Å². The smallest absolute Gasteiger partial charge is 0.273 e. The summed E-state index contributed by atoms with van der Waals surface area (Å²) in [5.74, 6) is -0.178. The van der Waals surface area contributed by atoms with Gasteiger partial charge in [-0.25, -0.2) is 5.43 Å². The first-order valence-electron chi connectivity index (χ1n) is 7.52. The van der Waals surface area contributed by atoms with Gasteiger partial charge in [0.05, 0.1) is 17.3 Å². The van der Waals surface area contributed by atoms with Crippen molar-refractivity contribution in [3.8, 4) is 5.75 Å². The van der Waals surface area contributed by atoms with E-state index in [1.165, 1.54) is 6.21 Å². The van der Waals surface area contributed by atoms with Crippen molar-refractivity contribution < 1.29 is 9.90 Å². The van der Waals surface area contributed by atoms with E-state index in [1.54, 1.807) is 24.4 Å². The summed E-state index contributed by atoms with van der Waals surface area (Å²) >= 11 is 0. The molecule has 3 N–H and O–H groups in total. The second kappa shape index (κ2) is 6.83. The van der Waals surface area contributed by atoms with E-state index in [9.17, 15) is 9.90 Å². The highest BCUT2D eigenvalue weighted by atomic mass is 16.3. The SMILES string of the molecule is C=CCc1cccc(/C=N/NC(=O)c2cccc3cc[nH]c23)c1O. The topological polar surface area (TPSA) is 77.5 Å². The van der Waals surface area contributed by atoms with Gasteiger partial charge in [0.1, 0.15) is 5.75 Å².